The van der Waals surface area contributed by atoms with Crippen LogP contribution in [0.3, 0.4) is 0 Å². The Morgan fingerprint density at radius 2 is 2.00 bits per heavy atom. The summed E-state index contributed by atoms with van der Waals surface area (Å²) in [6, 6.07) is 12.9. The molecule has 0 saturated carbocycles. The Bertz CT molecular complexity index is 1080. The molecular weight excluding hydrogens is 354 g/mol. The third kappa shape index (κ3) is 3.07. The number of H-pyrrole nitrogens is 1. The third-order valence-corrected chi connectivity index (χ3v) is 4.42. The highest BCUT2D eigenvalue weighted by molar-refractivity contribution is 6.30. The second kappa shape index (κ2) is 6.65. The summed E-state index contributed by atoms with van der Waals surface area (Å²) in [6.45, 7) is 0. The van der Waals surface area contributed by atoms with Crippen LogP contribution in [0.2, 0.25) is 5.02 Å². The van der Waals surface area contributed by atoms with E-state index in [4.69, 9.17) is 21.2 Å². The molecule has 0 aliphatic heterocycles. The Morgan fingerprint density at radius 1 is 1.19 bits per heavy atom. The van der Waals surface area contributed by atoms with Crippen molar-refractivity contribution in [3.63, 3.8) is 0 Å². The van der Waals surface area contributed by atoms with Crippen LogP contribution in [0.1, 0.15) is 12.0 Å². The summed E-state index contributed by atoms with van der Waals surface area (Å²) in [7, 11) is 0. The molecule has 0 bridgehead atoms. The number of benzene rings is 2. The Kier molecular flexibility index (Phi) is 4.18. The quantitative estimate of drug-likeness (QED) is 0.539. The number of aromatic nitrogens is 3. The van der Waals surface area contributed by atoms with E-state index in [0.29, 0.717) is 23.2 Å². The number of para-hydroxylation sites is 1. The molecule has 7 heteroatoms. The van der Waals surface area contributed by atoms with Crippen molar-refractivity contribution in [2.75, 3.05) is 0 Å². The van der Waals surface area contributed by atoms with Gasteiger partial charge >= 0.3 is 5.97 Å². The molecule has 4 rings (SSSR count). The van der Waals surface area contributed by atoms with Gasteiger partial charge in [-0.15, -0.1) is 0 Å². The molecule has 2 N–H and O–H groups in total. The number of carboxylic acids is 1. The van der Waals surface area contributed by atoms with Crippen molar-refractivity contribution >= 4 is 28.5 Å². The van der Waals surface area contributed by atoms with Crippen molar-refractivity contribution in [3.8, 4) is 22.8 Å². The standard InChI is InChI=1S/C19H14ClN3O3/c20-13-7-4-11(5-8-13)19-22-18(23-26-19)15-3-1-2-14-12(6-9-16(24)25)10-21-17(14)15/h1-5,7-8,10,21H,6,9H2,(H,24,25). The molecule has 2 aromatic heterocycles. The minimum Gasteiger partial charge on any atom is -0.481 e. The summed E-state index contributed by atoms with van der Waals surface area (Å²) < 4.78 is 5.38. The monoisotopic (exact) mass is 367 g/mol. The van der Waals surface area contributed by atoms with Crippen LogP contribution in [0.4, 0.5) is 0 Å². The minimum absolute atomic E-state index is 0.0834. The number of nitrogens with one attached hydrogen (secondary N) is 1. The molecule has 0 amide bonds. The molecule has 0 atom stereocenters. The van der Waals surface area contributed by atoms with Crippen LogP contribution in [0.15, 0.2) is 53.2 Å². The number of fused-ring (bicyclic) bond motifs is 1. The van der Waals surface area contributed by atoms with E-state index in [1.165, 1.54) is 0 Å². The van der Waals surface area contributed by atoms with E-state index in [-0.39, 0.29) is 6.42 Å². The number of aliphatic carboxylic acids is 1. The second-order valence-electron chi connectivity index (χ2n) is 5.87. The number of aryl methyl sites for hydroxylation is 1. The van der Waals surface area contributed by atoms with Crippen molar-refractivity contribution < 1.29 is 14.4 Å². The van der Waals surface area contributed by atoms with Gasteiger partial charge in [-0.05, 0) is 42.3 Å². The Balaban J connectivity index is 1.71. The van der Waals surface area contributed by atoms with E-state index < -0.39 is 5.97 Å². The first-order chi connectivity index (χ1) is 12.6. The SMILES string of the molecule is O=C(O)CCc1c[nH]c2c(-c3noc(-c4ccc(Cl)cc4)n3)cccc12. The minimum atomic E-state index is -0.818. The molecular formula is C19H14ClN3O3. The van der Waals surface area contributed by atoms with Gasteiger partial charge in [0, 0.05) is 34.2 Å². The van der Waals surface area contributed by atoms with Crippen LogP contribution < -0.4 is 0 Å². The number of carbonyl (C=O) groups is 1. The molecule has 4 aromatic rings. The topological polar surface area (TPSA) is 92.0 Å². The van der Waals surface area contributed by atoms with Gasteiger partial charge in [0.25, 0.3) is 5.89 Å². The number of aromatic amines is 1. The largest absolute Gasteiger partial charge is 0.481 e. The number of rotatable bonds is 5. The van der Waals surface area contributed by atoms with Crippen LogP contribution in [0, 0.1) is 0 Å². The second-order valence-corrected chi connectivity index (χ2v) is 6.30. The van der Waals surface area contributed by atoms with Gasteiger partial charge in [-0.3, -0.25) is 4.79 Å². The van der Waals surface area contributed by atoms with E-state index in [0.717, 1.165) is 27.6 Å². The van der Waals surface area contributed by atoms with E-state index in [1.807, 2.05) is 36.5 Å². The zero-order valence-corrected chi connectivity index (χ0v) is 14.3. The molecule has 0 radical (unpaired) electrons. The molecule has 0 saturated heterocycles. The van der Waals surface area contributed by atoms with Crippen LogP contribution in [0.5, 0.6) is 0 Å². The number of hydrogen-bond acceptors (Lipinski definition) is 4. The normalized spacial score (nSPS) is 11.1. The van der Waals surface area contributed by atoms with Gasteiger partial charge in [-0.25, -0.2) is 0 Å². The predicted octanol–water partition coefficient (Wildman–Crippen LogP) is 4.56. The lowest BCUT2D eigenvalue weighted by Crippen LogP contribution is -1.96. The lowest BCUT2D eigenvalue weighted by Gasteiger charge is -1.99. The van der Waals surface area contributed by atoms with Crippen molar-refractivity contribution in [1.29, 1.82) is 0 Å². The highest BCUT2D eigenvalue weighted by Gasteiger charge is 2.15. The highest BCUT2D eigenvalue weighted by atomic mass is 35.5. The van der Waals surface area contributed by atoms with Gasteiger partial charge in [0.15, 0.2) is 0 Å². The molecule has 0 unspecified atom stereocenters. The number of nitrogens with zero attached hydrogens (tertiary/aromatic N) is 2. The summed E-state index contributed by atoms with van der Waals surface area (Å²) in [4.78, 5) is 18.5. The molecule has 26 heavy (non-hydrogen) atoms. The molecule has 130 valence electrons. The molecule has 0 spiro atoms. The Hall–Kier alpha value is -3.12. The van der Waals surface area contributed by atoms with E-state index in [9.17, 15) is 4.79 Å². The molecule has 0 fully saturated rings. The zero-order chi connectivity index (χ0) is 18.1. The summed E-state index contributed by atoms with van der Waals surface area (Å²) in [5, 5.41) is 14.6. The summed E-state index contributed by atoms with van der Waals surface area (Å²) >= 11 is 5.91. The first-order valence-corrected chi connectivity index (χ1v) is 8.40. The van der Waals surface area contributed by atoms with Gasteiger partial charge in [0.2, 0.25) is 5.82 Å². The average molecular weight is 368 g/mol. The van der Waals surface area contributed by atoms with Crippen molar-refractivity contribution in [2.45, 2.75) is 12.8 Å². The van der Waals surface area contributed by atoms with Crippen molar-refractivity contribution in [1.82, 2.24) is 15.1 Å². The van der Waals surface area contributed by atoms with E-state index >= 15 is 0 Å². The molecule has 0 aliphatic carbocycles. The summed E-state index contributed by atoms with van der Waals surface area (Å²) in [5.74, 6) is 0.0554. The Labute approximate surface area is 153 Å². The lowest BCUT2D eigenvalue weighted by atomic mass is 10.1. The van der Waals surface area contributed by atoms with Crippen LogP contribution in [-0.2, 0) is 11.2 Å². The average Bonchev–Trinajstić information content (AvgIpc) is 3.27. The van der Waals surface area contributed by atoms with Crippen molar-refractivity contribution in [3.05, 3.63) is 59.2 Å². The fourth-order valence-corrected chi connectivity index (χ4v) is 3.02. The van der Waals surface area contributed by atoms with Gasteiger partial charge in [0.1, 0.15) is 0 Å². The number of hydrogen-bond donors (Lipinski definition) is 2. The van der Waals surface area contributed by atoms with Gasteiger partial charge < -0.3 is 14.6 Å². The van der Waals surface area contributed by atoms with Gasteiger partial charge in [-0.1, -0.05) is 28.9 Å². The fourth-order valence-electron chi connectivity index (χ4n) is 2.89. The third-order valence-electron chi connectivity index (χ3n) is 4.17. The van der Waals surface area contributed by atoms with Crippen LogP contribution >= 0.6 is 11.6 Å². The van der Waals surface area contributed by atoms with Gasteiger partial charge in [-0.2, -0.15) is 4.98 Å². The Morgan fingerprint density at radius 3 is 2.77 bits per heavy atom. The van der Waals surface area contributed by atoms with Crippen LogP contribution in [-0.4, -0.2) is 26.2 Å². The summed E-state index contributed by atoms with van der Waals surface area (Å²) in [6.07, 6.45) is 2.37. The molecule has 2 aromatic carbocycles. The smallest absolute Gasteiger partial charge is 0.303 e. The number of halogens is 1. The lowest BCUT2D eigenvalue weighted by molar-refractivity contribution is -0.136. The maximum absolute atomic E-state index is 10.8. The first kappa shape index (κ1) is 16.4. The van der Waals surface area contributed by atoms with Gasteiger partial charge in [0.05, 0.1) is 5.52 Å². The van der Waals surface area contributed by atoms with Crippen LogP contribution in [0.25, 0.3) is 33.7 Å². The molecule has 2 heterocycles. The van der Waals surface area contributed by atoms with E-state index in [2.05, 4.69) is 15.1 Å². The summed E-state index contributed by atoms with van der Waals surface area (Å²) in [5.41, 5.74) is 3.39. The predicted molar refractivity (Wildman–Crippen MR) is 98.0 cm³/mol. The fraction of sp³-hybridized carbons (Fsp3) is 0.105. The van der Waals surface area contributed by atoms with Crippen molar-refractivity contribution in [2.24, 2.45) is 0 Å². The van der Waals surface area contributed by atoms with E-state index in [1.54, 1.807) is 12.1 Å². The highest BCUT2D eigenvalue weighted by Crippen LogP contribution is 2.30. The zero-order valence-electron chi connectivity index (χ0n) is 13.6. The maximum atomic E-state index is 10.8. The number of carboxylic acid groups (broad SMARTS) is 1. The first-order valence-electron chi connectivity index (χ1n) is 8.02. The molecule has 0 aliphatic rings. The maximum Gasteiger partial charge on any atom is 0.303 e. The molecule has 6 nitrogen and oxygen atoms in total.